The summed E-state index contributed by atoms with van der Waals surface area (Å²) < 4.78 is 0. The number of amides is 1. The molecular weight excluding hydrogens is 224 g/mol. The summed E-state index contributed by atoms with van der Waals surface area (Å²) in [6.07, 6.45) is 0. The van der Waals surface area contributed by atoms with Crippen molar-refractivity contribution in [2.24, 2.45) is 5.92 Å². The van der Waals surface area contributed by atoms with Gasteiger partial charge in [0.25, 0.3) is 0 Å². The highest BCUT2D eigenvalue weighted by molar-refractivity contribution is 6.31. The Morgan fingerprint density at radius 1 is 1.50 bits per heavy atom. The molecular formula is C12H17ClN2O. The van der Waals surface area contributed by atoms with E-state index in [1.54, 1.807) is 0 Å². The van der Waals surface area contributed by atoms with Gasteiger partial charge in [-0.15, -0.1) is 0 Å². The first-order valence-corrected chi connectivity index (χ1v) is 5.64. The molecule has 0 aliphatic rings. The second kappa shape index (κ2) is 5.87. The molecule has 0 radical (unpaired) electrons. The largest absolute Gasteiger partial charge is 0.326 e. The van der Waals surface area contributed by atoms with Crippen molar-refractivity contribution >= 4 is 23.2 Å². The smallest absolute Gasteiger partial charge is 0.228 e. The minimum atomic E-state index is -0.0663. The Morgan fingerprint density at radius 2 is 2.19 bits per heavy atom. The SMILES string of the molecule is CNCC(C)C(=O)Nc1cccc(Cl)c1C. The average Bonchev–Trinajstić information content (AvgIpc) is 2.25. The molecule has 0 spiro atoms. The lowest BCUT2D eigenvalue weighted by Gasteiger charge is -2.13. The van der Waals surface area contributed by atoms with Gasteiger partial charge in [-0.25, -0.2) is 0 Å². The molecule has 1 atom stereocenters. The number of benzene rings is 1. The third-order valence-corrected chi connectivity index (χ3v) is 2.89. The van der Waals surface area contributed by atoms with E-state index >= 15 is 0 Å². The van der Waals surface area contributed by atoms with Gasteiger partial charge >= 0.3 is 0 Å². The summed E-state index contributed by atoms with van der Waals surface area (Å²) in [6, 6.07) is 5.49. The molecule has 1 amide bonds. The molecule has 1 rings (SSSR count). The van der Waals surface area contributed by atoms with Crippen LogP contribution in [0.1, 0.15) is 12.5 Å². The number of nitrogens with one attached hydrogen (secondary N) is 2. The molecule has 16 heavy (non-hydrogen) atoms. The first-order valence-electron chi connectivity index (χ1n) is 5.26. The Labute approximate surface area is 101 Å². The minimum absolute atomic E-state index is 0.000262. The highest BCUT2D eigenvalue weighted by Gasteiger charge is 2.13. The van der Waals surface area contributed by atoms with E-state index in [1.165, 1.54) is 0 Å². The topological polar surface area (TPSA) is 41.1 Å². The highest BCUT2D eigenvalue weighted by Crippen LogP contribution is 2.23. The molecule has 0 aliphatic heterocycles. The first kappa shape index (κ1) is 13.0. The summed E-state index contributed by atoms with van der Waals surface area (Å²) in [5.74, 6) is -0.0666. The molecule has 0 bridgehead atoms. The predicted molar refractivity (Wildman–Crippen MR) is 67.9 cm³/mol. The van der Waals surface area contributed by atoms with E-state index in [9.17, 15) is 4.79 Å². The van der Waals surface area contributed by atoms with E-state index in [-0.39, 0.29) is 11.8 Å². The van der Waals surface area contributed by atoms with Crippen molar-refractivity contribution in [1.82, 2.24) is 5.32 Å². The zero-order valence-electron chi connectivity index (χ0n) is 9.80. The van der Waals surface area contributed by atoms with Crippen molar-refractivity contribution in [3.05, 3.63) is 28.8 Å². The second-order valence-electron chi connectivity index (χ2n) is 3.86. The van der Waals surface area contributed by atoms with Gasteiger partial charge in [0.05, 0.1) is 0 Å². The van der Waals surface area contributed by atoms with Crippen LogP contribution in [0.2, 0.25) is 5.02 Å². The van der Waals surface area contributed by atoms with Gasteiger partial charge in [0.2, 0.25) is 5.91 Å². The summed E-state index contributed by atoms with van der Waals surface area (Å²) in [6.45, 7) is 4.43. The third kappa shape index (κ3) is 3.22. The van der Waals surface area contributed by atoms with Crippen molar-refractivity contribution in [2.45, 2.75) is 13.8 Å². The van der Waals surface area contributed by atoms with Gasteiger partial charge in [-0.2, -0.15) is 0 Å². The number of carbonyl (C=O) groups excluding carboxylic acids is 1. The lowest BCUT2D eigenvalue weighted by atomic mass is 10.1. The van der Waals surface area contributed by atoms with E-state index in [2.05, 4.69) is 10.6 Å². The van der Waals surface area contributed by atoms with Crippen LogP contribution < -0.4 is 10.6 Å². The van der Waals surface area contributed by atoms with Crippen molar-refractivity contribution in [1.29, 1.82) is 0 Å². The molecule has 0 aliphatic carbocycles. The van der Waals surface area contributed by atoms with Crippen LogP contribution >= 0.6 is 11.6 Å². The molecule has 0 fully saturated rings. The standard InChI is InChI=1S/C12H17ClN2O/c1-8(7-14-3)12(16)15-11-6-4-5-10(13)9(11)2/h4-6,8,14H,7H2,1-3H3,(H,15,16). The molecule has 0 heterocycles. The van der Waals surface area contributed by atoms with Crippen LogP contribution in [0.25, 0.3) is 0 Å². The van der Waals surface area contributed by atoms with Crippen LogP contribution in [0.3, 0.4) is 0 Å². The molecule has 1 aromatic rings. The minimum Gasteiger partial charge on any atom is -0.326 e. The van der Waals surface area contributed by atoms with E-state index in [4.69, 9.17) is 11.6 Å². The summed E-state index contributed by atoms with van der Waals surface area (Å²) >= 11 is 5.97. The Kier molecular flexibility index (Phi) is 4.77. The number of rotatable bonds is 4. The van der Waals surface area contributed by atoms with Crippen LogP contribution in [0.4, 0.5) is 5.69 Å². The highest BCUT2D eigenvalue weighted by atomic mass is 35.5. The number of hydrogen-bond donors (Lipinski definition) is 2. The molecule has 0 aromatic heterocycles. The lowest BCUT2D eigenvalue weighted by Crippen LogP contribution is -2.28. The molecule has 3 nitrogen and oxygen atoms in total. The number of carbonyl (C=O) groups is 1. The second-order valence-corrected chi connectivity index (χ2v) is 4.27. The zero-order valence-corrected chi connectivity index (χ0v) is 10.6. The quantitative estimate of drug-likeness (QED) is 0.849. The molecule has 1 aromatic carbocycles. The number of anilines is 1. The third-order valence-electron chi connectivity index (χ3n) is 2.48. The Hall–Kier alpha value is -1.06. The van der Waals surface area contributed by atoms with Crippen LogP contribution in [0.15, 0.2) is 18.2 Å². The molecule has 0 saturated carbocycles. The van der Waals surface area contributed by atoms with E-state index in [0.29, 0.717) is 11.6 Å². The molecule has 4 heteroatoms. The summed E-state index contributed by atoms with van der Waals surface area (Å²) in [7, 11) is 1.83. The van der Waals surface area contributed by atoms with Crippen molar-refractivity contribution in [3.8, 4) is 0 Å². The van der Waals surface area contributed by atoms with E-state index < -0.39 is 0 Å². The van der Waals surface area contributed by atoms with Crippen LogP contribution in [0, 0.1) is 12.8 Å². The number of hydrogen-bond acceptors (Lipinski definition) is 2. The lowest BCUT2D eigenvalue weighted by molar-refractivity contribution is -0.119. The first-order chi connectivity index (χ1) is 7.56. The summed E-state index contributed by atoms with van der Waals surface area (Å²) in [5, 5.41) is 6.51. The monoisotopic (exact) mass is 240 g/mol. The zero-order chi connectivity index (χ0) is 12.1. The molecule has 88 valence electrons. The predicted octanol–water partition coefficient (Wildman–Crippen LogP) is 2.44. The van der Waals surface area contributed by atoms with Gasteiger partial charge in [-0.3, -0.25) is 4.79 Å². The van der Waals surface area contributed by atoms with Gasteiger partial charge in [0.15, 0.2) is 0 Å². The van der Waals surface area contributed by atoms with Crippen molar-refractivity contribution in [2.75, 3.05) is 18.9 Å². The molecule has 0 saturated heterocycles. The Morgan fingerprint density at radius 3 is 2.81 bits per heavy atom. The van der Waals surface area contributed by atoms with Gasteiger partial charge in [-0.1, -0.05) is 24.6 Å². The average molecular weight is 241 g/mol. The van der Waals surface area contributed by atoms with Crippen molar-refractivity contribution in [3.63, 3.8) is 0 Å². The van der Waals surface area contributed by atoms with E-state index in [1.807, 2.05) is 39.1 Å². The summed E-state index contributed by atoms with van der Waals surface area (Å²) in [5.41, 5.74) is 1.68. The fourth-order valence-electron chi connectivity index (χ4n) is 1.40. The Balaban J connectivity index is 2.73. The normalized spacial score (nSPS) is 12.2. The fraction of sp³-hybridized carbons (Fsp3) is 0.417. The van der Waals surface area contributed by atoms with Gasteiger partial charge < -0.3 is 10.6 Å². The molecule has 2 N–H and O–H groups in total. The van der Waals surface area contributed by atoms with Crippen LogP contribution in [0.5, 0.6) is 0 Å². The summed E-state index contributed by atoms with van der Waals surface area (Å²) in [4.78, 5) is 11.8. The number of halogens is 1. The van der Waals surface area contributed by atoms with Gasteiger partial charge in [0, 0.05) is 23.2 Å². The van der Waals surface area contributed by atoms with Gasteiger partial charge in [0.1, 0.15) is 0 Å². The fourth-order valence-corrected chi connectivity index (χ4v) is 1.57. The molecule has 1 unspecified atom stereocenters. The maximum Gasteiger partial charge on any atom is 0.228 e. The van der Waals surface area contributed by atoms with E-state index in [0.717, 1.165) is 11.3 Å². The van der Waals surface area contributed by atoms with Gasteiger partial charge in [-0.05, 0) is 31.7 Å². The van der Waals surface area contributed by atoms with Crippen LogP contribution in [-0.2, 0) is 4.79 Å². The van der Waals surface area contributed by atoms with Crippen molar-refractivity contribution < 1.29 is 4.79 Å². The van der Waals surface area contributed by atoms with Crippen LogP contribution in [-0.4, -0.2) is 19.5 Å². The maximum absolute atomic E-state index is 11.8. The maximum atomic E-state index is 11.8. The Bertz CT molecular complexity index is 379.